The van der Waals surface area contributed by atoms with Crippen LogP contribution >= 0.6 is 11.8 Å². The molecule has 2 fully saturated rings. The van der Waals surface area contributed by atoms with Gasteiger partial charge in [0.1, 0.15) is 5.76 Å². The topological polar surface area (TPSA) is 78.6 Å². The van der Waals surface area contributed by atoms with Crippen molar-refractivity contribution in [2.75, 3.05) is 25.4 Å². The molecule has 4 atom stereocenters. The number of β-amino-alcohol motifs (C(OH)–C–C–N with tert-alkyl or cyclic N) is 1. The van der Waals surface area contributed by atoms with Gasteiger partial charge in [-0.2, -0.15) is 0 Å². The van der Waals surface area contributed by atoms with Gasteiger partial charge >= 0.3 is 0 Å². The SMILES string of the molecule is Cc1cc(C(=O)N[C@@H](CSc2ccccc2)[C@H](O)CN2CC[C@@H]3CCCC[C@@H]3C2)no1. The van der Waals surface area contributed by atoms with E-state index in [2.05, 4.69) is 15.4 Å². The molecule has 2 aliphatic rings. The second-order valence-corrected chi connectivity index (χ2v) is 10.0. The number of aryl methyl sites for hydroxylation is 1. The summed E-state index contributed by atoms with van der Waals surface area (Å²) in [6, 6.07) is 11.3. The Kier molecular flexibility index (Phi) is 7.69. The van der Waals surface area contributed by atoms with Gasteiger partial charge in [-0.1, -0.05) is 42.6 Å². The van der Waals surface area contributed by atoms with Gasteiger partial charge in [0.15, 0.2) is 5.69 Å². The third-order valence-electron chi connectivity index (χ3n) is 6.63. The molecule has 168 valence electrons. The average Bonchev–Trinajstić information content (AvgIpc) is 3.23. The lowest BCUT2D eigenvalue weighted by Crippen LogP contribution is -2.52. The van der Waals surface area contributed by atoms with E-state index >= 15 is 0 Å². The maximum absolute atomic E-state index is 12.7. The minimum absolute atomic E-state index is 0.252. The van der Waals surface area contributed by atoms with Crippen molar-refractivity contribution in [3.05, 3.63) is 47.9 Å². The first-order valence-electron chi connectivity index (χ1n) is 11.4. The van der Waals surface area contributed by atoms with Crippen LogP contribution in [0.2, 0.25) is 0 Å². The van der Waals surface area contributed by atoms with Crippen LogP contribution in [0.4, 0.5) is 0 Å². The van der Waals surface area contributed by atoms with Crippen LogP contribution < -0.4 is 5.32 Å². The van der Waals surface area contributed by atoms with Gasteiger partial charge in [0.25, 0.3) is 5.91 Å². The number of hydrogen-bond donors (Lipinski definition) is 2. The highest BCUT2D eigenvalue weighted by Gasteiger charge is 2.33. The molecule has 2 aromatic rings. The molecule has 1 saturated heterocycles. The Morgan fingerprint density at radius 3 is 2.77 bits per heavy atom. The number of likely N-dealkylation sites (tertiary alicyclic amines) is 1. The molecular weight excluding hydrogens is 410 g/mol. The van der Waals surface area contributed by atoms with Crippen molar-refractivity contribution in [1.29, 1.82) is 0 Å². The predicted octanol–water partition coefficient (Wildman–Crippen LogP) is 3.75. The number of hydrogen-bond acceptors (Lipinski definition) is 6. The van der Waals surface area contributed by atoms with Crippen LogP contribution in [0.5, 0.6) is 0 Å². The number of aliphatic hydroxyl groups excluding tert-OH is 1. The lowest BCUT2D eigenvalue weighted by molar-refractivity contribution is 0.0343. The Morgan fingerprint density at radius 2 is 2.03 bits per heavy atom. The van der Waals surface area contributed by atoms with E-state index in [1.165, 1.54) is 32.1 Å². The summed E-state index contributed by atoms with van der Waals surface area (Å²) in [6.07, 6.45) is 5.97. The average molecular weight is 444 g/mol. The van der Waals surface area contributed by atoms with Crippen molar-refractivity contribution in [2.45, 2.75) is 56.1 Å². The molecule has 6 nitrogen and oxygen atoms in total. The number of fused-ring (bicyclic) bond motifs is 1. The van der Waals surface area contributed by atoms with E-state index in [1.807, 2.05) is 30.3 Å². The van der Waals surface area contributed by atoms with Gasteiger partial charge in [-0.3, -0.25) is 4.79 Å². The normalized spacial score (nSPS) is 23.7. The number of piperidine rings is 1. The first kappa shape index (κ1) is 22.4. The van der Waals surface area contributed by atoms with Crippen molar-refractivity contribution < 1.29 is 14.4 Å². The van der Waals surface area contributed by atoms with E-state index < -0.39 is 6.10 Å². The summed E-state index contributed by atoms with van der Waals surface area (Å²) in [4.78, 5) is 16.2. The number of nitrogens with one attached hydrogen (secondary N) is 1. The maximum Gasteiger partial charge on any atom is 0.273 e. The fourth-order valence-electron chi connectivity index (χ4n) is 4.90. The Morgan fingerprint density at radius 1 is 1.26 bits per heavy atom. The zero-order valence-corrected chi connectivity index (χ0v) is 19.0. The second kappa shape index (κ2) is 10.7. The van der Waals surface area contributed by atoms with E-state index in [0.29, 0.717) is 18.1 Å². The van der Waals surface area contributed by atoms with Crippen LogP contribution in [-0.4, -0.2) is 58.6 Å². The molecule has 7 heteroatoms. The fourth-order valence-corrected chi connectivity index (χ4v) is 5.93. The van der Waals surface area contributed by atoms with E-state index in [1.54, 1.807) is 24.8 Å². The Hall–Kier alpha value is -1.83. The number of carbonyl (C=O) groups is 1. The van der Waals surface area contributed by atoms with Crippen LogP contribution in [0.1, 0.15) is 48.4 Å². The third kappa shape index (κ3) is 6.11. The molecule has 0 radical (unpaired) electrons. The molecular formula is C24H33N3O3S. The summed E-state index contributed by atoms with van der Waals surface area (Å²) < 4.78 is 5.04. The Balaban J connectivity index is 1.38. The number of amides is 1. The predicted molar refractivity (Wildman–Crippen MR) is 122 cm³/mol. The monoisotopic (exact) mass is 443 g/mol. The molecule has 0 spiro atoms. The summed E-state index contributed by atoms with van der Waals surface area (Å²) in [7, 11) is 0. The summed E-state index contributed by atoms with van der Waals surface area (Å²) in [5.74, 6) is 2.51. The smallest absolute Gasteiger partial charge is 0.273 e. The number of carbonyl (C=O) groups excluding carboxylic acids is 1. The quantitative estimate of drug-likeness (QED) is 0.605. The van der Waals surface area contributed by atoms with Crippen LogP contribution in [0, 0.1) is 18.8 Å². The number of rotatable bonds is 8. The number of aromatic nitrogens is 1. The van der Waals surface area contributed by atoms with E-state index in [-0.39, 0.29) is 17.6 Å². The third-order valence-corrected chi connectivity index (χ3v) is 7.77. The molecule has 2 N–H and O–H groups in total. The van der Waals surface area contributed by atoms with Gasteiger partial charge in [-0.25, -0.2) is 0 Å². The molecule has 1 aliphatic heterocycles. The minimum Gasteiger partial charge on any atom is -0.390 e. The molecule has 0 unspecified atom stereocenters. The minimum atomic E-state index is -0.645. The van der Waals surface area contributed by atoms with Gasteiger partial charge in [0.2, 0.25) is 0 Å². The van der Waals surface area contributed by atoms with Crippen LogP contribution in [0.25, 0.3) is 0 Å². The van der Waals surface area contributed by atoms with Crippen LogP contribution in [0.3, 0.4) is 0 Å². The van der Waals surface area contributed by atoms with E-state index in [0.717, 1.165) is 29.8 Å². The van der Waals surface area contributed by atoms with Gasteiger partial charge in [-0.05, 0) is 50.3 Å². The van der Waals surface area contributed by atoms with Crippen LogP contribution in [-0.2, 0) is 0 Å². The summed E-state index contributed by atoms with van der Waals surface area (Å²) in [5, 5.41) is 17.9. The fraction of sp³-hybridized carbons (Fsp3) is 0.583. The summed E-state index contributed by atoms with van der Waals surface area (Å²) >= 11 is 1.64. The summed E-state index contributed by atoms with van der Waals surface area (Å²) in [6.45, 7) is 4.45. The standard InChI is InChI=1S/C24H33N3O3S/c1-17-13-21(26-30-17)24(29)25-22(16-31-20-9-3-2-4-10-20)23(28)15-27-12-11-18-7-5-6-8-19(18)14-27/h2-4,9-10,13,18-19,22-23,28H,5-8,11-12,14-16H2,1H3,(H,25,29)/t18-,19+,22-,23+/m0/s1. The second-order valence-electron chi connectivity index (χ2n) is 8.95. The lowest BCUT2D eigenvalue weighted by Gasteiger charge is -2.42. The summed E-state index contributed by atoms with van der Waals surface area (Å²) in [5.41, 5.74) is 0.252. The highest BCUT2D eigenvalue weighted by molar-refractivity contribution is 7.99. The molecule has 4 rings (SSSR count). The van der Waals surface area contributed by atoms with Gasteiger partial charge in [0.05, 0.1) is 12.1 Å². The largest absolute Gasteiger partial charge is 0.390 e. The van der Waals surface area contributed by atoms with Crippen LogP contribution in [0.15, 0.2) is 45.8 Å². The molecule has 1 aromatic heterocycles. The zero-order chi connectivity index (χ0) is 21.6. The van der Waals surface area contributed by atoms with E-state index in [9.17, 15) is 9.90 Å². The van der Waals surface area contributed by atoms with Crippen molar-refractivity contribution in [1.82, 2.24) is 15.4 Å². The Bertz CT molecular complexity index is 844. The number of aliphatic hydroxyl groups is 1. The molecule has 1 amide bonds. The molecule has 31 heavy (non-hydrogen) atoms. The van der Waals surface area contributed by atoms with Crippen molar-refractivity contribution >= 4 is 17.7 Å². The first-order chi connectivity index (χ1) is 15.1. The maximum atomic E-state index is 12.7. The molecule has 1 aliphatic carbocycles. The molecule has 2 heterocycles. The first-order valence-corrected chi connectivity index (χ1v) is 12.4. The molecule has 1 aromatic carbocycles. The number of thioether (sulfide) groups is 1. The van der Waals surface area contributed by atoms with Gasteiger partial charge in [-0.15, -0.1) is 11.8 Å². The number of benzene rings is 1. The molecule has 1 saturated carbocycles. The van der Waals surface area contributed by atoms with Gasteiger partial charge in [0, 0.05) is 29.8 Å². The Labute approximate surface area is 188 Å². The molecule has 0 bridgehead atoms. The lowest BCUT2D eigenvalue weighted by atomic mass is 9.75. The van der Waals surface area contributed by atoms with Crippen molar-refractivity contribution in [3.63, 3.8) is 0 Å². The highest BCUT2D eigenvalue weighted by atomic mass is 32.2. The van der Waals surface area contributed by atoms with Crippen molar-refractivity contribution in [3.8, 4) is 0 Å². The van der Waals surface area contributed by atoms with Gasteiger partial charge < -0.3 is 19.8 Å². The van der Waals surface area contributed by atoms with Crippen molar-refractivity contribution in [2.24, 2.45) is 11.8 Å². The zero-order valence-electron chi connectivity index (χ0n) is 18.2. The highest BCUT2D eigenvalue weighted by Crippen LogP contribution is 2.36. The van der Waals surface area contributed by atoms with E-state index in [4.69, 9.17) is 4.52 Å². The number of nitrogens with zero attached hydrogens (tertiary/aromatic N) is 2.